The minimum Gasteiger partial charge on any atom is -0.465 e. The van der Waals surface area contributed by atoms with Gasteiger partial charge in [0.2, 0.25) is 5.91 Å². The summed E-state index contributed by atoms with van der Waals surface area (Å²) in [6.45, 7) is 1.48. The molecule has 0 spiro atoms. The van der Waals surface area contributed by atoms with E-state index in [9.17, 15) is 18.0 Å². The standard InChI is InChI=1S/C12H16N2O5S.ClH/c1-7(13)11(15)14-9-4-8(12(16)19-2)5-10(6-9)20(3,17)18;/h4-7H,13H2,1-3H3,(H,14,15);1H/t7-;/m0./s1. The number of nitrogens with one attached hydrogen (secondary N) is 1. The predicted octanol–water partition coefficient (Wildman–Crippen LogP) is 0.584. The van der Waals surface area contributed by atoms with E-state index in [1.54, 1.807) is 0 Å². The fraction of sp³-hybridized carbons (Fsp3) is 0.333. The first-order valence-corrected chi connectivity index (χ1v) is 7.54. The van der Waals surface area contributed by atoms with Crippen LogP contribution in [0.1, 0.15) is 17.3 Å². The maximum atomic E-state index is 11.6. The van der Waals surface area contributed by atoms with Crippen LogP contribution in [0.25, 0.3) is 0 Å². The van der Waals surface area contributed by atoms with Crippen LogP contribution in [0, 0.1) is 0 Å². The van der Waals surface area contributed by atoms with Crippen molar-refractivity contribution in [2.24, 2.45) is 5.73 Å². The van der Waals surface area contributed by atoms with Crippen molar-refractivity contribution in [1.29, 1.82) is 0 Å². The Labute approximate surface area is 129 Å². The Bertz CT molecular complexity index is 643. The number of hydrogen-bond donors (Lipinski definition) is 2. The molecule has 7 nitrogen and oxygen atoms in total. The predicted molar refractivity (Wildman–Crippen MR) is 80.4 cm³/mol. The summed E-state index contributed by atoms with van der Waals surface area (Å²) in [5, 5.41) is 2.44. The molecule has 0 aliphatic heterocycles. The summed E-state index contributed by atoms with van der Waals surface area (Å²) in [6, 6.07) is 2.99. The van der Waals surface area contributed by atoms with Gasteiger partial charge in [-0.3, -0.25) is 4.79 Å². The van der Waals surface area contributed by atoms with Crippen molar-refractivity contribution in [3.8, 4) is 0 Å². The first-order valence-electron chi connectivity index (χ1n) is 5.65. The molecule has 0 aliphatic carbocycles. The maximum Gasteiger partial charge on any atom is 0.337 e. The van der Waals surface area contributed by atoms with E-state index in [4.69, 9.17) is 5.73 Å². The van der Waals surface area contributed by atoms with Crippen LogP contribution in [0.15, 0.2) is 23.1 Å². The largest absolute Gasteiger partial charge is 0.465 e. The first kappa shape index (κ1) is 19.4. The fourth-order valence-electron chi connectivity index (χ4n) is 1.38. The summed E-state index contributed by atoms with van der Waals surface area (Å²) < 4.78 is 27.7. The molecule has 21 heavy (non-hydrogen) atoms. The van der Waals surface area contributed by atoms with Crippen LogP contribution in [-0.4, -0.2) is 39.7 Å². The van der Waals surface area contributed by atoms with Crippen LogP contribution in [0.2, 0.25) is 0 Å². The van der Waals surface area contributed by atoms with Crippen molar-refractivity contribution < 1.29 is 22.7 Å². The van der Waals surface area contributed by atoms with E-state index in [-0.39, 0.29) is 28.6 Å². The number of nitrogens with two attached hydrogens (primary N) is 1. The van der Waals surface area contributed by atoms with E-state index in [1.807, 2.05) is 0 Å². The Balaban J connectivity index is 0.00000400. The number of rotatable bonds is 4. The highest BCUT2D eigenvalue weighted by Gasteiger charge is 2.16. The van der Waals surface area contributed by atoms with Crippen molar-refractivity contribution in [3.05, 3.63) is 23.8 Å². The van der Waals surface area contributed by atoms with Gasteiger partial charge in [-0.15, -0.1) is 12.4 Å². The van der Waals surface area contributed by atoms with Gasteiger partial charge in [-0.2, -0.15) is 0 Å². The first-order chi connectivity index (χ1) is 9.15. The van der Waals surface area contributed by atoms with Gasteiger partial charge in [0.15, 0.2) is 9.84 Å². The highest BCUT2D eigenvalue weighted by Crippen LogP contribution is 2.20. The second-order valence-electron chi connectivity index (χ2n) is 4.29. The molecule has 3 N–H and O–H groups in total. The smallest absolute Gasteiger partial charge is 0.337 e. The number of ether oxygens (including phenoxy) is 1. The number of amides is 1. The van der Waals surface area contributed by atoms with Gasteiger partial charge in [-0.1, -0.05) is 0 Å². The lowest BCUT2D eigenvalue weighted by Gasteiger charge is -2.11. The van der Waals surface area contributed by atoms with Crippen LogP contribution in [0.3, 0.4) is 0 Å². The minimum atomic E-state index is -3.54. The van der Waals surface area contributed by atoms with Crippen LogP contribution in [0.5, 0.6) is 0 Å². The summed E-state index contributed by atoms with van der Waals surface area (Å²) >= 11 is 0. The number of hydrogen-bond acceptors (Lipinski definition) is 6. The van der Waals surface area contributed by atoms with Crippen molar-refractivity contribution >= 4 is 39.8 Å². The summed E-state index contributed by atoms with van der Waals surface area (Å²) in [4.78, 5) is 22.9. The van der Waals surface area contributed by atoms with Crippen LogP contribution >= 0.6 is 12.4 Å². The lowest BCUT2D eigenvalue weighted by Crippen LogP contribution is -2.32. The summed E-state index contributed by atoms with van der Waals surface area (Å²) in [6.07, 6.45) is 1.00. The highest BCUT2D eigenvalue weighted by atomic mass is 35.5. The molecular weight excluding hydrogens is 320 g/mol. The molecule has 1 amide bonds. The molecular formula is C12H17ClN2O5S. The van der Waals surface area contributed by atoms with E-state index in [0.717, 1.165) is 6.26 Å². The lowest BCUT2D eigenvalue weighted by molar-refractivity contribution is -0.117. The Morgan fingerprint density at radius 3 is 2.29 bits per heavy atom. The number of sulfone groups is 1. The zero-order valence-corrected chi connectivity index (χ0v) is 13.4. The normalized spacial score (nSPS) is 12.0. The summed E-state index contributed by atoms with van der Waals surface area (Å²) in [7, 11) is -2.36. The van der Waals surface area contributed by atoms with Gasteiger partial charge < -0.3 is 15.8 Å². The molecule has 0 aliphatic rings. The SMILES string of the molecule is COC(=O)c1cc(NC(=O)[C@H](C)N)cc(S(C)(=O)=O)c1.Cl. The number of benzene rings is 1. The van der Waals surface area contributed by atoms with Crippen LogP contribution in [-0.2, 0) is 19.4 Å². The van der Waals surface area contributed by atoms with E-state index in [2.05, 4.69) is 10.1 Å². The van der Waals surface area contributed by atoms with E-state index in [0.29, 0.717) is 0 Å². The van der Waals surface area contributed by atoms with Gasteiger partial charge in [0.25, 0.3) is 0 Å². The van der Waals surface area contributed by atoms with Gasteiger partial charge in [0.1, 0.15) is 0 Å². The number of methoxy groups -OCH3 is 1. The molecule has 9 heteroatoms. The molecule has 0 fully saturated rings. The van der Waals surface area contributed by atoms with Gasteiger partial charge in [0, 0.05) is 11.9 Å². The van der Waals surface area contributed by atoms with Gasteiger partial charge in [-0.25, -0.2) is 13.2 Å². The molecule has 0 radical (unpaired) electrons. The number of anilines is 1. The second-order valence-corrected chi connectivity index (χ2v) is 6.30. The van der Waals surface area contributed by atoms with Crippen molar-refractivity contribution in [2.45, 2.75) is 17.9 Å². The average Bonchev–Trinajstić information content (AvgIpc) is 2.36. The molecule has 1 aromatic carbocycles. The third kappa shape index (κ3) is 5.33. The Hall–Kier alpha value is -1.64. The number of carbonyl (C=O) groups is 2. The van der Waals surface area contributed by atoms with Crippen molar-refractivity contribution in [2.75, 3.05) is 18.7 Å². The van der Waals surface area contributed by atoms with Gasteiger partial charge >= 0.3 is 5.97 Å². The molecule has 0 unspecified atom stereocenters. The topological polar surface area (TPSA) is 116 Å². The molecule has 118 valence electrons. The molecule has 0 heterocycles. The van der Waals surface area contributed by atoms with Gasteiger partial charge in [-0.05, 0) is 25.1 Å². The molecule has 1 rings (SSSR count). The Kier molecular flexibility index (Phi) is 6.81. The summed E-state index contributed by atoms with van der Waals surface area (Å²) in [5.41, 5.74) is 5.60. The zero-order chi connectivity index (χ0) is 15.5. The van der Waals surface area contributed by atoms with E-state index >= 15 is 0 Å². The van der Waals surface area contributed by atoms with E-state index < -0.39 is 27.8 Å². The quantitative estimate of drug-likeness (QED) is 0.777. The summed E-state index contributed by atoms with van der Waals surface area (Å²) in [5.74, 6) is -1.20. The third-order valence-electron chi connectivity index (χ3n) is 2.44. The average molecular weight is 337 g/mol. The molecule has 0 saturated carbocycles. The van der Waals surface area contributed by atoms with E-state index in [1.165, 1.54) is 32.2 Å². The fourth-order valence-corrected chi connectivity index (χ4v) is 2.06. The van der Waals surface area contributed by atoms with Crippen LogP contribution in [0.4, 0.5) is 5.69 Å². The lowest BCUT2D eigenvalue weighted by atomic mass is 10.2. The monoisotopic (exact) mass is 336 g/mol. The molecule has 0 bridgehead atoms. The number of halogens is 1. The second kappa shape index (κ2) is 7.39. The molecule has 1 atom stereocenters. The highest BCUT2D eigenvalue weighted by molar-refractivity contribution is 7.90. The molecule has 0 aromatic heterocycles. The van der Waals surface area contributed by atoms with Crippen molar-refractivity contribution in [1.82, 2.24) is 0 Å². The molecule has 0 saturated heterocycles. The zero-order valence-electron chi connectivity index (χ0n) is 11.7. The maximum absolute atomic E-state index is 11.6. The molecule has 1 aromatic rings. The third-order valence-corrected chi connectivity index (χ3v) is 3.53. The van der Waals surface area contributed by atoms with Crippen LogP contribution < -0.4 is 11.1 Å². The van der Waals surface area contributed by atoms with Gasteiger partial charge in [0.05, 0.1) is 23.6 Å². The Morgan fingerprint density at radius 1 is 1.29 bits per heavy atom. The Morgan fingerprint density at radius 2 is 1.86 bits per heavy atom. The minimum absolute atomic E-state index is 0. The number of esters is 1. The number of carbonyl (C=O) groups excluding carboxylic acids is 2. The van der Waals surface area contributed by atoms with Crippen molar-refractivity contribution in [3.63, 3.8) is 0 Å².